The second-order valence-electron chi connectivity index (χ2n) is 7.94. The highest BCUT2D eigenvalue weighted by Gasteiger charge is 2.16. The number of hydrogen-bond donors (Lipinski definition) is 2. The largest absolute Gasteiger partial charge is 0.481 e. The molecule has 0 radical (unpaired) electrons. The molecule has 4 rings (SSSR count). The lowest BCUT2D eigenvalue weighted by molar-refractivity contribution is -0.137. The van der Waals surface area contributed by atoms with Gasteiger partial charge < -0.3 is 9.67 Å². The predicted octanol–water partition coefficient (Wildman–Crippen LogP) is 3.76. The maximum atomic E-state index is 13.1. The van der Waals surface area contributed by atoms with Gasteiger partial charge in [-0.3, -0.25) is 9.78 Å². The Morgan fingerprint density at radius 3 is 2.56 bits per heavy atom. The third-order valence-corrected chi connectivity index (χ3v) is 7.04. The van der Waals surface area contributed by atoms with Gasteiger partial charge in [-0.1, -0.05) is 18.2 Å². The molecule has 0 atom stereocenters. The van der Waals surface area contributed by atoms with Gasteiger partial charge in [-0.2, -0.15) is 0 Å². The first-order valence-electron chi connectivity index (χ1n) is 10.8. The van der Waals surface area contributed by atoms with Gasteiger partial charge in [-0.05, 0) is 59.5 Å². The summed E-state index contributed by atoms with van der Waals surface area (Å²) in [6, 6.07) is 14.3. The van der Waals surface area contributed by atoms with Gasteiger partial charge in [0, 0.05) is 49.0 Å². The molecule has 0 saturated heterocycles. The van der Waals surface area contributed by atoms with Crippen molar-refractivity contribution in [1.29, 1.82) is 0 Å². The Hall–Kier alpha value is -3.56. The van der Waals surface area contributed by atoms with E-state index < -0.39 is 21.8 Å². The Morgan fingerprint density at radius 2 is 1.85 bits per heavy atom. The molecule has 2 aromatic carbocycles. The zero-order valence-electron chi connectivity index (χ0n) is 18.3. The van der Waals surface area contributed by atoms with Gasteiger partial charge >= 0.3 is 5.97 Å². The van der Waals surface area contributed by atoms with E-state index in [0.29, 0.717) is 19.4 Å². The summed E-state index contributed by atoms with van der Waals surface area (Å²) in [6.45, 7) is 0.491. The maximum Gasteiger partial charge on any atom is 0.305 e. The van der Waals surface area contributed by atoms with Crippen LogP contribution in [0.3, 0.4) is 0 Å². The first-order chi connectivity index (χ1) is 16.3. The molecule has 0 fully saturated rings. The smallest absolute Gasteiger partial charge is 0.305 e. The second-order valence-corrected chi connectivity index (χ2v) is 9.71. The minimum Gasteiger partial charge on any atom is -0.481 e. The fourth-order valence-corrected chi connectivity index (χ4v) is 5.03. The normalized spacial score (nSPS) is 11.7. The number of hydrogen-bond acceptors (Lipinski definition) is 4. The summed E-state index contributed by atoms with van der Waals surface area (Å²) in [7, 11) is -3.77. The number of benzene rings is 2. The molecule has 0 aliphatic rings. The number of fused-ring (bicyclic) bond motifs is 1. The van der Waals surface area contributed by atoms with E-state index >= 15 is 0 Å². The van der Waals surface area contributed by atoms with E-state index in [0.717, 1.165) is 39.7 Å². The molecule has 2 aromatic heterocycles. The SMILES string of the molecule is O=C(O)CCn1cc(Cc2cccnc2)c2c(CCNS(=O)(=O)c3ccc(F)cc3)cccc21. The first-order valence-corrected chi connectivity index (χ1v) is 12.3. The number of aliphatic carboxylic acids is 1. The van der Waals surface area contributed by atoms with Crippen LogP contribution < -0.4 is 4.72 Å². The van der Waals surface area contributed by atoms with Crippen LogP contribution in [-0.2, 0) is 34.2 Å². The van der Waals surface area contributed by atoms with E-state index in [-0.39, 0.29) is 17.9 Å². The molecule has 0 unspecified atom stereocenters. The molecule has 176 valence electrons. The van der Waals surface area contributed by atoms with E-state index in [2.05, 4.69) is 9.71 Å². The van der Waals surface area contributed by atoms with Crippen LogP contribution in [0.2, 0.25) is 0 Å². The molecule has 4 aromatic rings. The van der Waals surface area contributed by atoms with Crippen LogP contribution in [0.1, 0.15) is 23.1 Å². The summed E-state index contributed by atoms with van der Waals surface area (Å²) in [6.07, 6.45) is 6.51. The number of nitrogens with one attached hydrogen (secondary N) is 1. The molecule has 34 heavy (non-hydrogen) atoms. The lowest BCUT2D eigenvalue weighted by Crippen LogP contribution is -2.26. The predicted molar refractivity (Wildman–Crippen MR) is 127 cm³/mol. The van der Waals surface area contributed by atoms with Crippen LogP contribution in [0.4, 0.5) is 4.39 Å². The number of aromatic nitrogens is 2. The highest BCUT2D eigenvalue weighted by molar-refractivity contribution is 7.89. The van der Waals surface area contributed by atoms with Crippen LogP contribution in [0.25, 0.3) is 10.9 Å². The van der Waals surface area contributed by atoms with E-state index in [1.54, 1.807) is 12.4 Å². The number of halogens is 1. The van der Waals surface area contributed by atoms with Gasteiger partial charge in [-0.15, -0.1) is 0 Å². The van der Waals surface area contributed by atoms with E-state index in [4.69, 9.17) is 5.11 Å². The van der Waals surface area contributed by atoms with Gasteiger partial charge in [0.1, 0.15) is 5.82 Å². The Kier molecular flexibility index (Phi) is 7.04. The maximum absolute atomic E-state index is 13.1. The molecular formula is C25H24FN3O4S. The van der Waals surface area contributed by atoms with Gasteiger partial charge in [0.25, 0.3) is 0 Å². The fraction of sp³-hybridized carbons (Fsp3) is 0.200. The lowest BCUT2D eigenvalue weighted by Gasteiger charge is -2.10. The molecule has 0 spiro atoms. The van der Waals surface area contributed by atoms with Crippen molar-refractivity contribution in [2.45, 2.75) is 30.7 Å². The van der Waals surface area contributed by atoms with Crippen molar-refractivity contribution < 1.29 is 22.7 Å². The molecule has 0 aliphatic carbocycles. The van der Waals surface area contributed by atoms with E-state index in [9.17, 15) is 17.6 Å². The Labute approximate surface area is 196 Å². The number of pyridine rings is 1. The molecular weight excluding hydrogens is 457 g/mol. The van der Waals surface area contributed by atoms with Crippen molar-refractivity contribution in [1.82, 2.24) is 14.3 Å². The number of aryl methyl sites for hydroxylation is 1. The standard InChI is InChI=1S/C25H24FN3O4S/c26-21-6-8-22(9-7-21)34(32,33)28-13-10-19-4-1-5-23-25(19)20(15-18-3-2-12-27-16-18)17-29(23)14-11-24(30)31/h1-9,12,16-17,28H,10-11,13-15H2,(H,30,31). The molecule has 7 nitrogen and oxygen atoms in total. The molecule has 0 saturated carbocycles. The molecule has 0 bridgehead atoms. The number of carboxylic acid groups (broad SMARTS) is 1. The summed E-state index contributed by atoms with van der Waals surface area (Å²) in [5.74, 6) is -1.37. The number of sulfonamides is 1. The van der Waals surface area contributed by atoms with Gasteiger partial charge in [-0.25, -0.2) is 17.5 Å². The van der Waals surface area contributed by atoms with Crippen molar-refractivity contribution in [3.63, 3.8) is 0 Å². The highest BCUT2D eigenvalue weighted by Crippen LogP contribution is 2.28. The van der Waals surface area contributed by atoms with Gasteiger partial charge in [0.2, 0.25) is 10.0 Å². The third kappa shape index (κ3) is 5.49. The summed E-state index contributed by atoms with van der Waals surface area (Å²) in [5, 5.41) is 10.1. The monoisotopic (exact) mass is 481 g/mol. The number of carboxylic acids is 1. The fourth-order valence-electron chi connectivity index (χ4n) is 4.00. The van der Waals surface area contributed by atoms with Gasteiger partial charge in [0.15, 0.2) is 0 Å². The number of carbonyl (C=O) groups is 1. The van der Waals surface area contributed by atoms with Crippen molar-refractivity contribution in [2.75, 3.05) is 6.54 Å². The van der Waals surface area contributed by atoms with Crippen LogP contribution in [-0.4, -0.2) is 35.6 Å². The lowest BCUT2D eigenvalue weighted by atomic mass is 10.00. The summed E-state index contributed by atoms with van der Waals surface area (Å²) in [4.78, 5) is 15.3. The Bertz CT molecular complexity index is 1400. The average molecular weight is 482 g/mol. The van der Waals surface area contributed by atoms with Gasteiger partial charge in [0.05, 0.1) is 11.3 Å². The molecule has 2 heterocycles. The van der Waals surface area contributed by atoms with Crippen LogP contribution in [0.5, 0.6) is 0 Å². The Morgan fingerprint density at radius 1 is 1.06 bits per heavy atom. The van der Waals surface area contributed by atoms with Crippen molar-refractivity contribution >= 4 is 26.9 Å². The molecule has 0 amide bonds. The second kappa shape index (κ2) is 10.1. The highest BCUT2D eigenvalue weighted by atomic mass is 32.2. The number of nitrogens with zero attached hydrogens (tertiary/aromatic N) is 2. The Balaban J connectivity index is 1.61. The summed E-state index contributed by atoms with van der Waals surface area (Å²) < 4.78 is 42.8. The minimum absolute atomic E-state index is 0.00217. The van der Waals surface area contributed by atoms with E-state index in [1.165, 1.54) is 12.1 Å². The minimum atomic E-state index is -3.77. The zero-order chi connectivity index (χ0) is 24.1. The quantitative estimate of drug-likeness (QED) is 0.359. The zero-order valence-corrected chi connectivity index (χ0v) is 19.1. The molecule has 0 aliphatic heterocycles. The van der Waals surface area contributed by atoms with Crippen LogP contribution >= 0.6 is 0 Å². The van der Waals surface area contributed by atoms with Crippen LogP contribution in [0, 0.1) is 5.82 Å². The molecule has 2 N–H and O–H groups in total. The van der Waals surface area contributed by atoms with E-state index in [1.807, 2.05) is 41.1 Å². The first kappa shape index (κ1) is 23.6. The topological polar surface area (TPSA) is 101 Å². The summed E-state index contributed by atoms with van der Waals surface area (Å²) >= 11 is 0. The van der Waals surface area contributed by atoms with Crippen LogP contribution in [0.15, 0.2) is 78.1 Å². The number of rotatable bonds is 10. The summed E-state index contributed by atoms with van der Waals surface area (Å²) in [5.41, 5.74) is 3.89. The van der Waals surface area contributed by atoms with Crippen molar-refractivity contribution in [3.05, 3.63) is 95.7 Å². The third-order valence-electron chi connectivity index (χ3n) is 5.57. The van der Waals surface area contributed by atoms with Crippen molar-refractivity contribution in [3.8, 4) is 0 Å². The van der Waals surface area contributed by atoms with Crippen molar-refractivity contribution in [2.24, 2.45) is 0 Å². The molecule has 9 heteroatoms. The average Bonchev–Trinajstić information content (AvgIpc) is 3.17.